The zero-order valence-corrected chi connectivity index (χ0v) is 17.3. The third-order valence-electron chi connectivity index (χ3n) is 6.57. The molecule has 2 aromatic rings. The number of piperidine rings is 1. The molecule has 0 bridgehead atoms. The lowest BCUT2D eigenvalue weighted by Gasteiger charge is -2.46. The highest BCUT2D eigenvalue weighted by Gasteiger charge is 2.35. The van der Waals surface area contributed by atoms with E-state index in [1.165, 1.54) is 0 Å². The molecule has 0 saturated carbocycles. The van der Waals surface area contributed by atoms with Crippen molar-refractivity contribution in [3.63, 3.8) is 0 Å². The maximum absolute atomic E-state index is 13.2. The number of carbonyl (C=O) groups excluding carboxylic acids is 1. The smallest absolute Gasteiger partial charge is 0.253 e. The Morgan fingerprint density at radius 3 is 2.79 bits per heavy atom. The molecule has 1 aromatic heterocycles. The first kappa shape index (κ1) is 20.3. The number of likely N-dealkylation sites (N-methyl/N-ethyl adjacent to an activating group) is 1. The Morgan fingerprint density at radius 1 is 1.17 bits per heavy atom. The van der Waals surface area contributed by atoms with Gasteiger partial charge in [-0.1, -0.05) is 6.07 Å². The van der Waals surface area contributed by atoms with Crippen LogP contribution in [0.1, 0.15) is 29.6 Å². The molecule has 1 amide bonds. The van der Waals surface area contributed by atoms with Crippen LogP contribution in [0.5, 0.6) is 0 Å². The average molecular weight is 397 g/mol. The summed E-state index contributed by atoms with van der Waals surface area (Å²) in [6.45, 7) is 6.22. The standard InChI is InChI=1S/C23H32N4O2/c1-25-11-13-26(14-12-25)22-8-10-27(17-20(22)5-3-15-28)23(29)19-6-7-21-18(16-19)4-2-9-24-21/h2,4,6-7,9,16,20,22,28H,3,5,8,10-15,17H2,1H3/t20-,22+/m1/s1. The number of pyridine rings is 1. The number of hydrogen-bond donors (Lipinski definition) is 1. The number of hydrogen-bond acceptors (Lipinski definition) is 5. The van der Waals surface area contributed by atoms with E-state index < -0.39 is 0 Å². The molecule has 2 aliphatic heterocycles. The van der Waals surface area contributed by atoms with Crippen molar-refractivity contribution in [1.82, 2.24) is 19.7 Å². The summed E-state index contributed by atoms with van der Waals surface area (Å²) in [5.41, 5.74) is 1.66. The number of fused-ring (bicyclic) bond motifs is 1. The van der Waals surface area contributed by atoms with E-state index in [0.29, 0.717) is 12.0 Å². The molecule has 2 saturated heterocycles. The Bertz CT molecular complexity index is 834. The first-order valence-corrected chi connectivity index (χ1v) is 10.8. The number of likely N-dealkylation sites (tertiary alicyclic amines) is 1. The van der Waals surface area contributed by atoms with Gasteiger partial charge in [0.1, 0.15) is 0 Å². The molecule has 1 aromatic carbocycles. The van der Waals surface area contributed by atoms with Crippen LogP contribution in [0.2, 0.25) is 0 Å². The first-order valence-electron chi connectivity index (χ1n) is 10.8. The van der Waals surface area contributed by atoms with Gasteiger partial charge in [0.2, 0.25) is 0 Å². The Kier molecular flexibility index (Phi) is 6.43. The van der Waals surface area contributed by atoms with Gasteiger partial charge in [0.15, 0.2) is 0 Å². The summed E-state index contributed by atoms with van der Waals surface area (Å²) in [5, 5.41) is 10.4. The molecule has 0 spiro atoms. The number of nitrogens with zero attached hydrogens (tertiary/aromatic N) is 4. The van der Waals surface area contributed by atoms with Gasteiger partial charge in [-0.3, -0.25) is 14.7 Å². The second-order valence-electron chi connectivity index (χ2n) is 8.48. The van der Waals surface area contributed by atoms with Crippen LogP contribution >= 0.6 is 0 Å². The molecule has 4 rings (SSSR count). The minimum absolute atomic E-state index is 0.113. The molecule has 0 unspecified atom stereocenters. The van der Waals surface area contributed by atoms with Crippen molar-refractivity contribution in [1.29, 1.82) is 0 Å². The van der Waals surface area contributed by atoms with Crippen LogP contribution in [0.4, 0.5) is 0 Å². The fourth-order valence-electron chi connectivity index (χ4n) is 4.87. The number of rotatable bonds is 5. The summed E-state index contributed by atoms with van der Waals surface area (Å²) in [6, 6.07) is 10.2. The van der Waals surface area contributed by atoms with E-state index in [1.54, 1.807) is 6.20 Å². The second-order valence-corrected chi connectivity index (χ2v) is 8.48. The Hall–Kier alpha value is -2.02. The second kappa shape index (κ2) is 9.20. The van der Waals surface area contributed by atoms with Crippen LogP contribution in [-0.2, 0) is 0 Å². The van der Waals surface area contributed by atoms with E-state index in [-0.39, 0.29) is 12.5 Å². The number of piperazine rings is 1. The highest BCUT2D eigenvalue weighted by atomic mass is 16.3. The Morgan fingerprint density at radius 2 is 2.00 bits per heavy atom. The van der Waals surface area contributed by atoms with Gasteiger partial charge in [-0.25, -0.2) is 0 Å². The summed E-state index contributed by atoms with van der Waals surface area (Å²) >= 11 is 0. The van der Waals surface area contributed by atoms with Crippen LogP contribution in [0.25, 0.3) is 10.9 Å². The van der Waals surface area contributed by atoms with Crippen LogP contribution in [-0.4, -0.2) is 89.7 Å². The largest absolute Gasteiger partial charge is 0.396 e. The van der Waals surface area contributed by atoms with Gasteiger partial charge in [-0.2, -0.15) is 0 Å². The lowest BCUT2D eigenvalue weighted by Crippen LogP contribution is -2.56. The van der Waals surface area contributed by atoms with Crippen molar-refractivity contribution in [2.24, 2.45) is 5.92 Å². The molecule has 2 aliphatic rings. The van der Waals surface area contributed by atoms with Crippen molar-refractivity contribution in [2.45, 2.75) is 25.3 Å². The normalized spacial score (nSPS) is 24.1. The molecule has 2 fully saturated rings. The third kappa shape index (κ3) is 4.60. The van der Waals surface area contributed by atoms with Gasteiger partial charge >= 0.3 is 0 Å². The van der Waals surface area contributed by atoms with E-state index in [0.717, 1.165) is 75.0 Å². The van der Waals surface area contributed by atoms with Crippen LogP contribution in [0, 0.1) is 5.92 Å². The van der Waals surface area contributed by atoms with Crippen molar-refractivity contribution in [2.75, 3.05) is 52.9 Å². The quantitative estimate of drug-likeness (QED) is 0.839. The summed E-state index contributed by atoms with van der Waals surface area (Å²) < 4.78 is 0. The molecule has 0 radical (unpaired) electrons. The summed E-state index contributed by atoms with van der Waals surface area (Å²) in [7, 11) is 2.18. The number of aromatic nitrogens is 1. The topological polar surface area (TPSA) is 59.9 Å². The number of aliphatic hydroxyl groups is 1. The molecule has 29 heavy (non-hydrogen) atoms. The Labute approximate surface area is 173 Å². The van der Waals surface area contributed by atoms with Gasteiger partial charge in [-0.05, 0) is 56.5 Å². The molecule has 3 heterocycles. The van der Waals surface area contributed by atoms with Gasteiger partial charge in [0, 0.05) is 69.1 Å². The number of benzene rings is 1. The van der Waals surface area contributed by atoms with E-state index in [4.69, 9.17) is 0 Å². The molecule has 6 heteroatoms. The molecule has 1 N–H and O–H groups in total. The van der Waals surface area contributed by atoms with Crippen molar-refractivity contribution in [3.05, 3.63) is 42.1 Å². The van der Waals surface area contributed by atoms with E-state index in [1.807, 2.05) is 35.2 Å². The zero-order chi connectivity index (χ0) is 20.2. The van der Waals surface area contributed by atoms with E-state index in [2.05, 4.69) is 21.8 Å². The predicted octanol–water partition coefficient (Wildman–Crippen LogP) is 2.09. The number of amides is 1. The van der Waals surface area contributed by atoms with E-state index >= 15 is 0 Å². The zero-order valence-electron chi connectivity index (χ0n) is 17.3. The van der Waals surface area contributed by atoms with Gasteiger partial charge in [-0.15, -0.1) is 0 Å². The molecule has 6 nitrogen and oxygen atoms in total. The van der Waals surface area contributed by atoms with E-state index in [9.17, 15) is 9.90 Å². The minimum Gasteiger partial charge on any atom is -0.396 e. The molecular formula is C23H32N4O2. The maximum Gasteiger partial charge on any atom is 0.253 e. The number of aliphatic hydroxyl groups excluding tert-OH is 1. The Balaban J connectivity index is 1.47. The molecule has 0 aliphatic carbocycles. The monoisotopic (exact) mass is 396 g/mol. The average Bonchev–Trinajstić information content (AvgIpc) is 2.77. The lowest BCUT2D eigenvalue weighted by atomic mass is 9.86. The van der Waals surface area contributed by atoms with Crippen LogP contribution in [0.3, 0.4) is 0 Å². The van der Waals surface area contributed by atoms with Crippen molar-refractivity contribution in [3.8, 4) is 0 Å². The first-order chi connectivity index (χ1) is 14.2. The summed E-state index contributed by atoms with van der Waals surface area (Å²) in [5.74, 6) is 0.534. The molecule has 2 atom stereocenters. The minimum atomic E-state index is 0.113. The lowest BCUT2D eigenvalue weighted by molar-refractivity contribution is 0.0218. The number of carbonyl (C=O) groups is 1. The van der Waals surface area contributed by atoms with Gasteiger partial charge in [0.05, 0.1) is 5.52 Å². The summed E-state index contributed by atoms with van der Waals surface area (Å²) in [4.78, 5) is 24.6. The van der Waals surface area contributed by atoms with Gasteiger partial charge in [0.25, 0.3) is 5.91 Å². The van der Waals surface area contributed by atoms with Crippen LogP contribution in [0.15, 0.2) is 36.5 Å². The highest BCUT2D eigenvalue weighted by Crippen LogP contribution is 2.28. The van der Waals surface area contributed by atoms with Crippen molar-refractivity contribution >= 4 is 16.8 Å². The van der Waals surface area contributed by atoms with Crippen molar-refractivity contribution < 1.29 is 9.90 Å². The van der Waals surface area contributed by atoms with Crippen LogP contribution < -0.4 is 0 Å². The van der Waals surface area contributed by atoms with Gasteiger partial charge < -0.3 is 14.9 Å². The highest BCUT2D eigenvalue weighted by molar-refractivity contribution is 5.98. The fraction of sp³-hybridized carbons (Fsp3) is 0.565. The molecular weight excluding hydrogens is 364 g/mol. The summed E-state index contributed by atoms with van der Waals surface area (Å²) in [6.07, 6.45) is 4.57. The maximum atomic E-state index is 13.2. The SMILES string of the molecule is CN1CCN([C@H]2CCN(C(=O)c3ccc4ncccc4c3)C[C@H]2CCCO)CC1. The molecule has 156 valence electrons. The third-order valence-corrected chi connectivity index (χ3v) is 6.57. The predicted molar refractivity (Wildman–Crippen MR) is 115 cm³/mol. The fourth-order valence-corrected chi connectivity index (χ4v) is 4.87.